The number of thiazole rings is 1. The van der Waals surface area contributed by atoms with Crippen molar-refractivity contribution in [1.82, 2.24) is 4.57 Å². The molecule has 3 aromatic rings. The molecule has 0 saturated carbocycles. The van der Waals surface area contributed by atoms with Crippen LogP contribution in [0.15, 0.2) is 57.5 Å². The Labute approximate surface area is 223 Å². The van der Waals surface area contributed by atoms with E-state index in [0.29, 0.717) is 56.6 Å². The molecule has 1 atom stereocenters. The van der Waals surface area contributed by atoms with Crippen molar-refractivity contribution >= 4 is 23.4 Å². The van der Waals surface area contributed by atoms with Crippen LogP contribution in [0.4, 0.5) is 0 Å². The van der Waals surface area contributed by atoms with Crippen molar-refractivity contribution in [2.45, 2.75) is 33.7 Å². The fourth-order valence-electron chi connectivity index (χ4n) is 4.28. The second-order valence-electron chi connectivity index (χ2n) is 8.31. The number of fused-ring (bicyclic) bond motifs is 1. The molecule has 1 aliphatic heterocycles. The maximum atomic E-state index is 13.8. The molecule has 2 heterocycles. The molecule has 4 rings (SSSR count). The highest BCUT2D eigenvalue weighted by atomic mass is 32.1. The largest absolute Gasteiger partial charge is 0.504 e. The summed E-state index contributed by atoms with van der Waals surface area (Å²) in [4.78, 5) is 32.0. The van der Waals surface area contributed by atoms with Gasteiger partial charge in [0.15, 0.2) is 27.8 Å². The number of rotatable bonds is 9. The van der Waals surface area contributed by atoms with E-state index in [4.69, 9.17) is 18.9 Å². The van der Waals surface area contributed by atoms with Crippen LogP contribution in [0.2, 0.25) is 0 Å². The molecule has 0 radical (unpaired) electrons. The number of carbonyl (C=O) groups excluding carboxylic acids is 1. The maximum Gasteiger partial charge on any atom is 0.338 e. The van der Waals surface area contributed by atoms with E-state index in [1.54, 1.807) is 44.2 Å². The molecule has 0 unspecified atom stereocenters. The predicted octanol–water partition coefficient (Wildman–Crippen LogP) is 3.31. The van der Waals surface area contributed by atoms with Gasteiger partial charge in [0, 0.05) is 0 Å². The molecule has 0 spiro atoms. The van der Waals surface area contributed by atoms with E-state index in [1.807, 2.05) is 19.9 Å². The van der Waals surface area contributed by atoms with E-state index in [2.05, 4.69) is 4.99 Å². The third kappa shape index (κ3) is 5.17. The lowest BCUT2D eigenvalue weighted by Crippen LogP contribution is -2.40. The Hall–Kier alpha value is -4.05. The molecule has 0 saturated heterocycles. The van der Waals surface area contributed by atoms with E-state index in [1.165, 1.54) is 29.1 Å². The SMILES string of the molecule is CCOC(=O)C1=C(C)N=c2s/c(=C\c3ccc(O)c(OC)c3)c(=O)n2[C@@H]1c1ccc(OCC)c(OCC)c1. The van der Waals surface area contributed by atoms with Gasteiger partial charge in [-0.25, -0.2) is 9.79 Å². The Balaban J connectivity index is 1.94. The van der Waals surface area contributed by atoms with Crippen molar-refractivity contribution in [3.05, 3.63) is 78.5 Å². The lowest BCUT2D eigenvalue weighted by Gasteiger charge is -2.25. The van der Waals surface area contributed by atoms with E-state index < -0.39 is 12.0 Å². The van der Waals surface area contributed by atoms with Crippen molar-refractivity contribution in [3.63, 3.8) is 0 Å². The zero-order valence-electron chi connectivity index (χ0n) is 21.9. The molecule has 0 aliphatic carbocycles. The molecule has 0 bridgehead atoms. The van der Waals surface area contributed by atoms with Crippen molar-refractivity contribution in [2.75, 3.05) is 26.9 Å². The normalized spacial score (nSPS) is 15.1. The summed E-state index contributed by atoms with van der Waals surface area (Å²) in [7, 11) is 1.46. The van der Waals surface area contributed by atoms with Crippen LogP contribution in [-0.2, 0) is 9.53 Å². The molecule has 1 aliphatic rings. The van der Waals surface area contributed by atoms with Gasteiger partial charge in [0.05, 0.1) is 48.8 Å². The first-order chi connectivity index (χ1) is 18.3. The third-order valence-corrected chi connectivity index (χ3v) is 6.88. The molecule has 1 aromatic heterocycles. The monoisotopic (exact) mass is 538 g/mol. The summed E-state index contributed by atoms with van der Waals surface area (Å²) in [6.45, 7) is 8.29. The van der Waals surface area contributed by atoms with Crippen LogP contribution in [0.5, 0.6) is 23.0 Å². The van der Waals surface area contributed by atoms with Gasteiger partial charge in [-0.3, -0.25) is 9.36 Å². The molecule has 38 heavy (non-hydrogen) atoms. The zero-order valence-corrected chi connectivity index (χ0v) is 22.8. The van der Waals surface area contributed by atoms with Crippen LogP contribution in [-0.4, -0.2) is 42.6 Å². The maximum absolute atomic E-state index is 13.8. The molecule has 200 valence electrons. The van der Waals surface area contributed by atoms with E-state index in [9.17, 15) is 14.7 Å². The summed E-state index contributed by atoms with van der Waals surface area (Å²) in [5.74, 6) is 0.848. The number of hydrogen-bond acceptors (Lipinski definition) is 9. The molecule has 10 heteroatoms. The number of benzene rings is 2. The van der Waals surface area contributed by atoms with Crippen molar-refractivity contribution in [2.24, 2.45) is 4.99 Å². The number of esters is 1. The minimum atomic E-state index is -0.781. The molecule has 0 fully saturated rings. The average Bonchev–Trinajstić information content (AvgIpc) is 3.19. The Morgan fingerprint density at radius 3 is 2.47 bits per heavy atom. The van der Waals surface area contributed by atoms with Gasteiger partial charge in [0.2, 0.25) is 0 Å². The second-order valence-corrected chi connectivity index (χ2v) is 9.31. The summed E-state index contributed by atoms with van der Waals surface area (Å²) in [5, 5.41) is 9.93. The minimum Gasteiger partial charge on any atom is -0.504 e. The summed E-state index contributed by atoms with van der Waals surface area (Å²) in [6, 6.07) is 9.43. The Morgan fingerprint density at radius 1 is 1.05 bits per heavy atom. The molecular weight excluding hydrogens is 508 g/mol. The molecule has 1 N–H and O–H groups in total. The van der Waals surface area contributed by atoms with Crippen molar-refractivity contribution < 1.29 is 28.8 Å². The van der Waals surface area contributed by atoms with Gasteiger partial charge in [0.1, 0.15) is 0 Å². The van der Waals surface area contributed by atoms with Gasteiger partial charge in [-0.05, 0) is 69.2 Å². The molecule has 0 amide bonds. The number of aromatic hydroxyl groups is 1. The Bertz CT molecular complexity index is 1570. The first-order valence-electron chi connectivity index (χ1n) is 12.3. The van der Waals surface area contributed by atoms with Crippen LogP contribution in [0.25, 0.3) is 6.08 Å². The zero-order chi connectivity index (χ0) is 27.4. The lowest BCUT2D eigenvalue weighted by atomic mass is 9.95. The highest BCUT2D eigenvalue weighted by Crippen LogP contribution is 2.36. The molecular formula is C28H30N2O7S. The number of carbonyl (C=O) groups is 1. The van der Waals surface area contributed by atoms with Gasteiger partial charge < -0.3 is 24.1 Å². The summed E-state index contributed by atoms with van der Waals surface area (Å²) >= 11 is 1.21. The van der Waals surface area contributed by atoms with Crippen LogP contribution < -0.4 is 29.1 Å². The highest BCUT2D eigenvalue weighted by Gasteiger charge is 2.34. The topological polar surface area (TPSA) is 109 Å². The number of phenols is 1. The Morgan fingerprint density at radius 2 is 1.79 bits per heavy atom. The standard InChI is InChI=1S/C28H30N2O7S/c1-6-35-20-12-10-18(15-22(20)36-7-2)25-24(27(33)37-8-3)16(4)29-28-30(25)26(32)23(38-28)14-17-9-11-19(31)21(13-17)34-5/h9-15,25,31H,6-8H2,1-5H3/b23-14-/t25-/m1/s1. The second kappa shape index (κ2) is 11.6. The number of hydrogen-bond donors (Lipinski definition) is 1. The lowest BCUT2D eigenvalue weighted by molar-refractivity contribution is -0.139. The number of ether oxygens (including phenoxy) is 4. The van der Waals surface area contributed by atoms with E-state index in [0.717, 1.165) is 0 Å². The smallest absolute Gasteiger partial charge is 0.338 e. The van der Waals surface area contributed by atoms with E-state index >= 15 is 0 Å². The first kappa shape index (κ1) is 27.0. The average molecular weight is 539 g/mol. The van der Waals surface area contributed by atoms with Crippen LogP contribution in [0.1, 0.15) is 44.9 Å². The summed E-state index contributed by atoms with van der Waals surface area (Å²) < 4.78 is 24.0. The quantitative estimate of drug-likeness (QED) is 0.417. The fourth-order valence-corrected chi connectivity index (χ4v) is 5.33. The van der Waals surface area contributed by atoms with Gasteiger partial charge in [0.25, 0.3) is 5.56 Å². The van der Waals surface area contributed by atoms with Crippen molar-refractivity contribution in [3.8, 4) is 23.0 Å². The van der Waals surface area contributed by atoms with E-state index in [-0.39, 0.29) is 23.5 Å². The van der Waals surface area contributed by atoms with Gasteiger partial charge in [-0.15, -0.1) is 0 Å². The predicted molar refractivity (Wildman–Crippen MR) is 144 cm³/mol. The molecule has 9 nitrogen and oxygen atoms in total. The molecule has 2 aromatic carbocycles. The van der Waals surface area contributed by atoms with Crippen LogP contribution in [0.3, 0.4) is 0 Å². The number of nitrogens with zero attached hydrogens (tertiary/aromatic N) is 2. The van der Waals surface area contributed by atoms with Gasteiger partial charge in [-0.2, -0.15) is 0 Å². The number of allylic oxidation sites excluding steroid dienone is 1. The van der Waals surface area contributed by atoms with Gasteiger partial charge >= 0.3 is 5.97 Å². The number of methoxy groups -OCH3 is 1. The first-order valence-corrected chi connectivity index (χ1v) is 13.1. The van der Waals surface area contributed by atoms with Crippen molar-refractivity contribution in [1.29, 1.82) is 0 Å². The summed E-state index contributed by atoms with van der Waals surface area (Å²) in [6.07, 6.45) is 1.70. The highest BCUT2D eigenvalue weighted by molar-refractivity contribution is 7.07. The minimum absolute atomic E-state index is 0.00131. The summed E-state index contributed by atoms with van der Waals surface area (Å²) in [5.41, 5.74) is 1.77. The van der Waals surface area contributed by atoms with Crippen LogP contribution >= 0.6 is 11.3 Å². The van der Waals surface area contributed by atoms with Gasteiger partial charge in [-0.1, -0.05) is 23.5 Å². The van der Waals surface area contributed by atoms with Crippen LogP contribution in [0, 0.1) is 0 Å². The number of phenolic OH excluding ortho intramolecular Hbond substituents is 1. The number of aromatic nitrogens is 1. The Kier molecular flexibility index (Phi) is 8.21. The fraction of sp³-hybridized carbons (Fsp3) is 0.321. The third-order valence-electron chi connectivity index (χ3n) is 5.90.